The molecule has 2 heterocycles. The van der Waals surface area contributed by atoms with E-state index in [0.29, 0.717) is 29.9 Å². The minimum atomic E-state index is -1.01. The van der Waals surface area contributed by atoms with Gasteiger partial charge in [0.15, 0.2) is 5.89 Å². The monoisotopic (exact) mass is 597 g/mol. The van der Waals surface area contributed by atoms with Crippen LogP contribution in [0, 0.1) is 24.7 Å². The molecule has 0 radical (unpaired) electrons. The third-order valence-electron chi connectivity index (χ3n) is 7.69. The average Bonchev–Trinajstić information content (AvgIpc) is 3.35. The molecule has 9 heteroatoms. The first-order chi connectivity index (χ1) is 20.3. The van der Waals surface area contributed by atoms with E-state index in [1.54, 1.807) is 58.3 Å². The van der Waals surface area contributed by atoms with Crippen LogP contribution < -0.4 is 0 Å². The van der Waals surface area contributed by atoms with Gasteiger partial charge in [-0.25, -0.2) is 9.78 Å². The summed E-state index contributed by atoms with van der Waals surface area (Å²) in [6.45, 7) is 11.0. The maximum Gasteiger partial charge on any atom is 0.327 e. The van der Waals surface area contributed by atoms with Gasteiger partial charge in [0, 0.05) is 37.7 Å². The van der Waals surface area contributed by atoms with Crippen molar-refractivity contribution in [2.24, 2.45) is 17.8 Å². The zero-order chi connectivity index (χ0) is 32.1. The number of aliphatic hydroxyl groups excluding tert-OH is 3. The van der Waals surface area contributed by atoms with Gasteiger partial charge in [0.2, 0.25) is 0 Å². The highest BCUT2D eigenvalue weighted by atomic mass is 16.5. The number of carbonyl (C=O) groups is 2. The second kappa shape index (κ2) is 17.6. The molecular formula is C34H47NO8. The van der Waals surface area contributed by atoms with Crippen LogP contribution in [0.3, 0.4) is 0 Å². The molecule has 0 bridgehead atoms. The van der Waals surface area contributed by atoms with Gasteiger partial charge >= 0.3 is 11.9 Å². The second-order valence-electron chi connectivity index (χ2n) is 11.5. The van der Waals surface area contributed by atoms with Gasteiger partial charge in [-0.3, -0.25) is 4.79 Å². The van der Waals surface area contributed by atoms with Crippen molar-refractivity contribution in [2.45, 2.75) is 91.6 Å². The zero-order valence-electron chi connectivity index (χ0n) is 26.0. The summed E-state index contributed by atoms with van der Waals surface area (Å²) >= 11 is 0. The van der Waals surface area contributed by atoms with Crippen molar-refractivity contribution in [1.29, 1.82) is 0 Å². The minimum absolute atomic E-state index is 0.0284. The van der Waals surface area contributed by atoms with Crippen molar-refractivity contribution in [2.75, 3.05) is 0 Å². The van der Waals surface area contributed by atoms with E-state index in [1.165, 1.54) is 0 Å². The largest absolute Gasteiger partial charge is 0.478 e. The summed E-state index contributed by atoms with van der Waals surface area (Å²) in [4.78, 5) is 27.0. The number of nitrogens with zero attached hydrogens (tertiary/aromatic N) is 1. The van der Waals surface area contributed by atoms with Crippen LogP contribution in [-0.4, -0.2) is 61.8 Å². The highest BCUT2D eigenvalue weighted by Crippen LogP contribution is 2.29. The lowest BCUT2D eigenvalue weighted by molar-refractivity contribution is -0.158. The summed E-state index contributed by atoms with van der Waals surface area (Å²) in [5, 5.41) is 41.0. The van der Waals surface area contributed by atoms with Crippen molar-refractivity contribution in [3.05, 3.63) is 83.2 Å². The molecule has 43 heavy (non-hydrogen) atoms. The summed E-state index contributed by atoms with van der Waals surface area (Å²) in [7, 11) is 0. The number of aromatic nitrogens is 1. The van der Waals surface area contributed by atoms with Gasteiger partial charge in [0.05, 0.1) is 18.3 Å². The molecule has 1 aromatic heterocycles. The maximum atomic E-state index is 12.1. The van der Waals surface area contributed by atoms with Crippen molar-refractivity contribution < 1.29 is 39.2 Å². The van der Waals surface area contributed by atoms with E-state index >= 15 is 0 Å². The molecule has 1 aromatic rings. The summed E-state index contributed by atoms with van der Waals surface area (Å²) in [5.41, 5.74) is 3.04. The number of carboxylic acid groups (broad SMARTS) is 1. The van der Waals surface area contributed by atoms with Gasteiger partial charge in [-0.2, -0.15) is 0 Å². The van der Waals surface area contributed by atoms with Crippen LogP contribution in [0.15, 0.2) is 76.0 Å². The Morgan fingerprint density at radius 3 is 2.44 bits per heavy atom. The smallest absolute Gasteiger partial charge is 0.327 e. The van der Waals surface area contributed by atoms with E-state index in [9.17, 15) is 24.9 Å². The molecule has 236 valence electrons. The maximum absolute atomic E-state index is 12.1. The van der Waals surface area contributed by atoms with Crippen molar-refractivity contribution >= 4 is 18.0 Å². The highest BCUT2D eigenvalue weighted by Gasteiger charge is 2.30. The molecule has 0 amide bonds. The SMILES string of the molecule is CC(C=CC=C(C)[C@H](O)[C@@H](C)[C@@H](O)C[C@@H](O)C(C)=CC=C[C@@H](C)[C@H]1C[C@@H](CC=CC(=O)O)CC(=O)O1)=Cc1coc(C)n1. The molecule has 0 saturated carbocycles. The molecule has 0 unspecified atom stereocenters. The van der Waals surface area contributed by atoms with E-state index in [-0.39, 0.29) is 36.8 Å². The number of esters is 1. The number of oxazole rings is 1. The first kappa shape index (κ1) is 35.7. The number of rotatable bonds is 15. The second-order valence-corrected chi connectivity index (χ2v) is 11.5. The summed E-state index contributed by atoms with van der Waals surface area (Å²) in [6, 6.07) is 0. The number of hydrogen-bond acceptors (Lipinski definition) is 8. The topological polar surface area (TPSA) is 150 Å². The van der Waals surface area contributed by atoms with E-state index in [0.717, 1.165) is 17.3 Å². The van der Waals surface area contributed by atoms with Crippen LogP contribution in [-0.2, 0) is 14.3 Å². The predicted octanol–water partition coefficient (Wildman–Crippen LogP) is 5.49. The van der Waals surface area contributed by atoms with Gasteiger partial charge < -0.3 is 29.6 Å². The number of allylic oxidation sites excluding steroid dienone is 7. The van der Waals surface area contributed by atoms with Crippen LogP contribution in [0.25, 0.3) is 6.08 Å². The molecule has 0 aliphatic carbocycles. The number of aliphatic carboxylic acids is 1. The van der Waals surface area contributed by atoms with E-state index in [1.807, 2.05) is 38.2 Å². The molecule has 1 saturated heterocycles. The number of aliphatic hydroxyl groups is 3. The molecule has 1 aliphatic heterocycles. The van der Waals surface area contributed by atoms with Gasteiger partial charge in [-0.05, 0) is 62.3 Å². The molecule has 9 nitrogen and oxygen atoms in total. The Hall–Kier alpha value is -3.53. The van der Waals surface area contributed by atoms with Crippen LogP contribution in [0.2, 0.25) is 0 Å². The molecule has 7 atom stereocenters. The highest BCUT2D eigenvalue weighted by molar-refractivity contribution is 5.79. The van der Waals surface area contributed by atoms with Crippen molar-refractivity contribution in [3.8, 4) is 0 Å². The van der Waals surface area contributed by atoms with Gasteiger partial charge in [0.25, 0.3) is 0 Å². The molecule has 4 N–H and O–H groups in total. The minimum Gasteiger partial charge on any atom is -0.478 e. The Balaban J connectivity index is 1.88. The molecule has 1 aliphatic rings. The number of cyclic esters (lactones) is 1. The average molecular weight is 598 g/mol. The number of carboxylic acids is 1. The predicted molar refractivity (Wildman–Crippen MR) is 166 cm³/mol. The Bertz CT molecular complexity index is 1250. The third-order valence-corrected chi connectivity index (χ3v) is 7.69. The molecule has 0 aromatic carbocycles. The molecular weight excluding hydrogens is 550 g/mol. The molecule has 2 rings (SSSR count). The molecule has 1 fully saturated rings. The van der Waals surface area contributed by atoms with E-state index < -0.39 is 30.2 Å². The number of aryl methyl sites for hydroxylation is 1. The van der Waals surface area contributed by atoms with Crippen molar-refractivity contribution in [1.82, 2.24) is 4.98 Å². The van der Waals surface area contributed by atoms with E-state index in [2.05, 4.69) is 4.98 Å². The quantitative estimate of drug-likeness (QED) is 0.117. The van der Waals surface area contributed by atoms with Gasteiger partial charge in [0.1, 0.15) is 18.1 Å². The number of carbonyl (C=O) groups excluding carboxylic acids is 1. The Morgan fingerprint density at radius 1 is 1.09 bits per heavy atom. The van der Waals surface area contributed by atoms with Crippen molar-refractivity contribution in [3.63, 3.8) is 0 Å². The fourth-order valence-electron chi connectivity index (χ4n) is 4.83. The van der Waals surface area contributed by atoms with Crippen LogP contribution in [0.5, 0.6) is 0 Å². The normalized spacial score (nSPS) is 22.6. The fraction of sp³-hybridized carbons (Fsp3) is 0.500. The third kappa shape index (κ3) is 12.7. The fourth-order valence-corrected chi connectivity index (χ4v) is 4.83. The Kier molecular flexibility index (Phi) is 14.6. The van der Waals surface area contributed by atoms with Gasteiger partial charge in [-0.1, -0.05) is 56.4 Å². The first-order valence-corrected chi connectivity index (χ1v) is 14.7. The summed E-state index contributed by atoms with van der Waals surface area (Å²) in [5.74, 6) is -1.25. The Labute approximate surface area is 254 Å². The van der Waals surface area contributed by atoms with Gasteiger partial charge in [-0.15, -0.1) is 0 Å². The standard InChI is InChI=1S/C34H47NO8/c1-21(16-28-20-42-26(6)35-28)10-7-13-24(4)34(41)25(5)30(37)19-29(36)22(2)11-8-12-23(3)31-17-27(18-33(40)43-31)14-9-15-32(38)39/h7-13,15-16,20,23,25,27,29-31,34,36-37,41H,14,17-19H2,1-6H3,(H,38,39)/t23-,25+,27-,29-,30+,31-,34+/m1/s1. The summed E-state index contributed by atoms with van der Waals surface area (Å²) in [6.07, 6.45) is 15.6. The lowest BCUT2D eigenvalue weighted by Crippen LogP contribution is -2.33. The van der Waals surface area contributed by atoms with Crippen LogP contribution >= 0.6 is 0 Å². The van der Waals surface area contributed by atoms with Crippen LogP contribution in [0.4, 0.5) is 0 Å². The lowest BCUT2D eigenvalue weighted by Gasteiger charge is -2.31. The summed E-state index contributed by atoms with van der Waals surface area (Å²) < 4.78 is 10.7. The van der Waals surface area contributed by atoms with Crippen LogP contribution in [0.1, 0.15) is 71.9 Å². The lowest BCUT2D eigenvalue weighted by atomic mass is 9.87. The Morgan fingerprint density at radius 2 is 1.79 bits per heavy atom. The first-order valence-electron chi connectivity index (χ1n) is 14.7. The zero-order valence-corrected chi connectivity index (χ0v) is 26.0. The number of hydrogen-bond donors (Lipinski definition) is 4. The molecule has 0 spiro atoms. The number of ether oxygens (including phenoxy) is 1. The van der Waals surface area contributed by atoms with E-state index in [4.69, 9.17) is 14.3 Å².